The van der Waals surface area contributed by atoms with Gasteiger partial charge in [-0.2, -0.15) is 0 Å². The van der Waals surface area contributed by atoms with Crippen LogP contribution in [0.3, 0.4) is 0 Å². The highest BCUT2D eigenvalue weighted by Crippen LogP contribution is 2.65. The van der Waals surface area contributed by atoms with Crippen LogP contribution >= 0.6 is 0 Å². The van der Waals surface area contributed by atoms with Crippen LogP contribution in [0, 0.1) is 50.7 Å². The molecule has 0 aromatic heterocycles. The molecule has 4 aliphatic carbocycles. The Kier molecular flexibility index (Phi) is 9.33. The maximum absolute atomic E-state index is 13.7. The SMILES string of the molecule is [2H]C1([2H])C[C@]2(C)[C@H]3CC[C@]4(C)C(=O)CC[C@H]4[C@@H]3CC[C@H]2C([2H])([2H])[C@]1([2H])O[C@@H]1O[C@H](C(=O)OC)[C@@H](OC(=O)C(C)(C)C)[C@H](OC(=O)C(C)(C)C)[C@H]1OC(=O)C(C)(C)C. The van der Waals surface area contributed by atoms with Crippen molar-refractivity contribution in [3.8, 4) is 0 Å². The Labute approximate surface area is 317 Å². The third-order valence-electron chi connectivity index (χ3n) is 12.2. The summed E-state index contributed by atoms with van der Waals surface area (Å²) in [6, 6.07) is 0. The second-order valence-corrected chi connectivity index (χ2v) is 19.2. The number of methoxy groups -OCH3 is 1. The predicted molar refractivity (Wildman–Crippen MR) is 190 cm³/mol. The molecule has 5 aliphatic rings. The van der Waals surface area contributed by atoms with E-state index in [0.717, 1.165) is 13.5 Å². The molecule has 0 amide bonds. The van der Waals surface area contributed by atoms with Gasteiger partial charge in [-0.15, -0.1) is 0 Å². The largest absolute Gasteiger partial charge is 0.467 e. The van der Waals surface area contributed by atoms with Gasteiger partial charge in [-0.3, -0.25) is 19.2 Å². The van der Waals surface area contributed by atoms with Gasteiger partial charge in [0, 0.05) is 17.3 Å². The van der Waals surface area contributed by atoms with Gasteiger partial charge in [-0.1, -0.05) is 13.8 Å². The third kappa shape index (κ3) is 7.69. The highest BCUT2D eigenvalue weighted by molar-refractivity contribution is 5.87. The zero-order chi connectivity index (χ0) is 43.3. The summed E-state index contributed by atoms with van der Waals surface area (Å²) in [5.74, 6) is -4.17. The fraction of sp³-hybridized carbons (Fsp3) is 0.878. The van der Waals surface area contributed by atoms with Crippen molar-refractivity contribution < 1.29 is 59.2 Å². The van der Waals surface area contributed by atoms with Gasteiger partial charge in [-0.05, 0) is 143 Å². The van der Waals surface area contributed by atoms with Crippen LogP contribution in [0.2, 0.25) is 0 Å². The number of Topliss-reactive ketones (excluding diaryl/α,β-unsaturated/α-hetero) is 1. The Morgan fingerprint density at radius 1 is 0.769 bits per heavy atom. The molecular weight excluding hydrogens is 668 g/mol. The van der Waals surface area contributed by atoms with Crippen LogP contribution in [0.1, 0.15) is 141 Å². The van der Waals surface area contributed by atoms with E-state index in [0.29, 0.717) is 32.1 Å². The molecule has 1 aliphatic heterocycles. The van der Waals surface area contributed by atoms with Gasteiger partial charge in [0.15, 0.2) is 30.7 Å². The molecule has 1 heterocycles. The normalized spacial score (nSPS) is 44.1. The summed E-state index contributed by atoms with van der Waals surface area (Å²) in [6.45, 7) is 17.9. The minimum Gasteiger partial charge on any atom is -0.467 e. The van der Waals surface area contributed by atoms with Crippen LogP contribution in [0.4, 0.5) is 0 Å². The second-order valence-electron chi connectivity index (χ2n) is 19.2. The summed E-state index contributed by atoms with van der Waals surface area (Å²) < 4.78 is 83.4. The van der Waals surface area contributed by atoms with Crippen molar-refractivity contribution in [2.24, 2.45) is 50.7 Å². The van der Waals surface area contributed by atoms with Gasteiger partial charge in [0.2, 0.25) is 0 Å². The Hall–Kier alpha value is -2.53. The Morgan fingerprint density at radius 3 is 1.88 bits per heavy atom. The molecule has 0 radical (unpaired) electrons. The molecule has 4 saturated carbocycles. The number of ketones is 1. The van der Waals surface area contributed by atoms with E-state index in [4.69, 9.17) is 28.4 Å². The van der Waals surface area contributed by atoms with Gasteiger partial charge in [-0.25, -0.2) is 4.79 Å². The minimum atomic E-state index is -3.05. The lowest BCUT2D eigenvalue weighted by Crippen LogP contribution is -2.65. The Balaban J connectivity index is 1.61. The number of ether oxygens (including phenoxy) is 6. The summed E-state index contributed by atoms with van der Waals surface area (Å²) >= 11 is 0. The number of carbonyl (C=O) groups excluding carboxylic acids is 5. The number of esters is 4. The Bertz CT molecular complexity index is 1630. The Morgan fingerprint density at radius 2 is 1.33 bits per heavy atom. The van der Waals surface area contributed by atoms with Gasteiger partial charge in [0.25, 0.3) is 0 Å². The molecule has 0 aromatic carbocycles. The number of fused-ring (bicyclic) bond motifs is 5. The summed E-state index contributed by atoms with van der Waals surface area (Å²) in [7, 11) is 1.04. The van der Waals surface area contributed by atoms with Crippen LogP contribution in [0.5, 0.6) is 0 Å². The zero-order valence-electron chi connectivity index (χ0n) is 38.1. The van der Waals surface area contributed by atoms with Gasteiger partial charge in [0.05, 0.1) is 30.8 Å². The molecule has 12 atom stereocenters. The highest BCUT2D eigenvalue weighted by Gasteiger charge is 2.62. The molecule has 0 N–H and O–H groups in total. The van der Waals surface area contributed by atoms with E-state index in [2.05, 4.69) is 0 Å². The number of hydrogen-bond donors (Lipinski definition) is 0. The molecular formula is C41H64O11. The topological polar surface area (TPSA) is 141 Å². The molecule has 11 nitrogen and oxygen atoms in total. The van der Waals surface area contributed by atoms with Crippen LogP contribution in [-0.4, -0.2) is 73.6 Å². The average molecular weight is 738 g/mol. The minimum absolute atomic E-state index is 0.0943. The van der Waals surface area contributed by atoms with Crippen LogP contribution in [-0.2, 0) is 52.4 Å². The molecule has 0 unspecified atom stereocenters. The number of hydrogen-bond acceptors (Lipinski definition) is 11. The maximum Gasteiger partial charge on any atom is 0.339 e. The predicted octanol–water partition coefficient (Wildman–Crippen LogP) is 6.76. The smallest absolute Gasteiger partial charge is 0.339 e. The maximum atomic E-state index is 13.7. The molecule has 5 rings (SSSR count). The first-order chi connectivity index (χ1) is 25.8. The third-order valence-corrected chi connectivity index (χ3v) is 12.2. The lowest BCUT2D eigenvalue weighted by molar-refractivity contribution is -0.318. The number of rotatable bonds is 6. The van der Waals surface area contributed by atoms with E-state index in [-0.39, 0.29) is 30.0 Å². The van der Waals surface area contributed by atoms with Crippen LogP contribution in [0.25, 0.3) is 0 Å². The van der Waals surface area contributed by atoms with Crippen molar-refractivity contribution in [1.29, 1.82) is 0 Å². The summed E-state index contributed by atoms with van der Waals surface area (Å²) in [6.07, 6.45) is -14.8. The second kappa shape index (κ2) is 14.3. The molecule has 0 spiro atoms. The van der Waals surface area contributed by atoms with Crippen molar-refractivity contribution in [3.63, 3.8) is 0 Å². The van der Waals surface area contributed by atoms with Gasteiger partial charge >= 0.3 is 23.9 Å². The van der Waals surface area contributed by atoms with Crippen LogP contribution in [0.15, 0.2) is 0 Å². The van der Waals surface area contributed by atoms with Crippen LogP contribution < -0.4 is 0 Å². The molecule has 52 heavy (non-hydrogen) atoms. The lowest BCUT2D eigenvalue weighted by atomic mass is 9.45. The highest BCUT2D eigenvalue weighted by atomic mass is 16.7. The molecule has 11 heteroatoms. The van der Waals surface area contributed by atoms with Crippen molar-refractivity contribution in [2.45, 2.75) is 171 Å². The lowest BCUT2D eigenvalue weighted by Gasteiger charge is -2.60. The van der Waals surface area contributed by atoms with E-state index < -0.39 is 106 Å². The first-order valence-corrected chi connectivity index (χ1v) is 18.9. The van der Waals surface area contributed by atoms with E-state index >= 15 is 0 Å². The molecule has 5 fully saturated rings. The fourth-order valence-corrected chi connectivity index (χ4v) is 8.89. The monoisotopic (exact) mass is 737 g/mol. The number of carbonyl (C=O) groups is 5. The van der Waals surface area contributed by atoms with E-state index in [9.17, 15) is 30.8 Å². The molecule has 1 saturated heterocycles. The van der Waals surface area contributed by atoms with Gasteiger partial charge < -0.3 is 28.4 Å². The van der Waals surface area contributed by atoms with E-state index in [1.54, 1.807) is 62.3 Å². The van der Waals surface area contributed by atoms with Gasteiger partial charge in [0.1, 0.15) is 5.78 Å². The quantitative estimate of drug-likeness (QED) is 0.162. The first kappa shape index (κ1) is 34.0. The van der Waals surface area contributed by atoms with Crippen molar-refractivity contribution in [2.75, 3.05) is 7.11 Å². The first-order valence-electron chi connectivity index (χ1n) is 21.4. The molecule has 0 bridgehead atoms. The van der Waals surface area contributed by atoms with Crippen molar-refractivity contribution in [3.05, 3.63) is 0 Å². The molecule has 294 valence electrons. The zero-order valence-corrected chi connectivity index (χ0v) is 33.1. The summed E-state index contributed by atoms with van der Waals surface area (Å²) in [5.41, 5.74) is -4.87. The summed E-state index contributed by atoms with van der Waals surface area (Å²) in [5, 5.41) is 0. The van der Waals surface area contributed by atoms with E-state index in [1.807, 2.05) is 13.8 Å². The average Bonchev–Trinajstić information content (AvgIpc) is 3.37. The van der Waals surface area contributed by atoms with E-state index in [1.165, 1.54) is 0 Å². The van der Waals surface area contributed by atoms with Crippen molar-refractivity contribution >= 4 is 29.7 Å². The molecule has 0 aromatic rings. The standard InChI is InChI=1S/C41H64O11/c1-37(2,3)34(44)50-28-29(51-35(45)38(4,5)6)31(52-36(46)39(7,8)9)33(49-30(28)32(43)47-12)48-23-17-19-40(10)22(21-23)13-14-24-25-15-16-27(42)41(25,11)20-18-26(24)40/h22-26,28-31,33H,13-21H2,1-12H3/t22-,23+,24-,25-,26-,28-,29-,30-,31+,33+,40-,41-/m0/s1/i17D2,21D2,23D. The van der Waals surface area contributed by atoms with Crippen molar-refractivity contribution in [1.82, 2.24) is 0 Å². The summed E-state index contributed by atoms with van der Waals surface area (Å²) in [4.78, 5) is 67.3. The fourth-order valence-electron chi connectivity index (χ4n) is 8.89.